The lowest BCUT2D eigenvalue weighted by molar-refractivity contribution is -0.128. The first-order chi connectivity index (χ1) is 12.6. The monoisotopic (exact) mass is 389 g/mol. The van der Waals surface area contributed by atoms with Crippen LogP contribution >= 0.6 is 22.9 Å². The fourth-order valence-electron chi connectivity index (χ4n) is 3.03. The average Bonchev–Trinajstić information content (AvgIpc) is 3.03. The predicted molar refractivity (Wildman–Crippen MR) is 104 cm³/mol. The number of benzene rings is 1. The highest BCUT2D eigenvalue weighted by atomic mass is 35.5. The van der Waals surface area contributed by atoms with E-state index in [1.807, 2.05) is 31.2 Å². The number of hydrogen-bond donors (Lipinski definition) is 0. The van der Waals surface area contributed by atoms with Gasteiger partial charge in [0, 0.05) is 29.1 Å². The van der Waals surface area contributed by atoms with Crippen molar-refractivity contribution in [2.45, 2.75) is 32.4 Å². The number of halogens is 1. The van der Waals surface area contributed by atoms with Gasteiger partial charge in [-0.25, -0.2) is 4.79 Å². The van der Waals surface area contributed by atoms with Crippen molar-refractivity contribution in [3.8, 4) is 5.06 Å². The Bertz CT molecular complexity index is 830. The highest BCUT2D eigenvalue weighted by Crippen LogP contribution is 2.36. The van der Waals surface area contributed by atoms with Crippen molar-refractivity contribution in [3.05, 3.63) is 63.5 Å². The zero-order valence-corrected chi connectivity index (χ0v) is 16.1. The summed E-state index contributed by atoms with van der Waals surface area (Å²) in [5.74, 6) is -0.357. The molecule has 1 aliphatic rings. The van der Waals surface area contributed by atoms with Gasteiger partial charge in [-0.15, -0.1) is 11.3 Å². The van der Waals surface area contributed by atoms with E-state index >= 15 is 0 Å². The van der Waals surface area contributed by atoms with Gasteiger partial charge in [0.2, 0.25) is 0 Å². The largest absolute Gasteiger partial charge is 0.412 e. The maximum Gasteiger partial charge on any atom is 0.336 e. The third kappa shape index (κ3) is 4.23. The smallest absolute Gasteiger partial charge is 0.336 e. The lowest BCUT2D eigenvalue weighted by atomic mass is 10.0. The number of esters is 1. The number of carbonyl (C=O) groups is 2. The number of aldehydes is 1. The van der Waals surface area contributed by atoms with Crippen molar-refractivity contribution in [2.75, 3.05) is 6.54 Å². The molecule has 136 valence electrons. The van der Waals surface area contributed by atoms with Crippen LogP contribution in [0.15, 0.2) is 42.5 Å². The zero-order valence-electron chi connectivity index (χ0n) is 14.5. The molecule has 6 heteroatoms. The topological polar surface area (TPSA) is 46.6 Å². The van der Waals surface area contributed by atoms with Gasteiger partial charge in [0.15, 0.2) is 5.06 Å². The molecular formula is C20H20ClNO3S. The van der Waals surface area contributed by atoms with Crippen molar-refractivity contribution in [1.82, 2.24) is 4.90 Å². The highest BCUT2D eigenvalue weighted by Gasteiger charge is 2.27. The zero-order chi connectivity index (χ0) is 18.5. The van der Waals surface area contributed by atoms with Crippen LogP contribution in [0, 0.1) is 0 Å². The van der Waals surface area contributed by atoms with Crippen LogP contribution in [0.25, 0.3) is 0 Å². The number of nitrogens with zero attached hydrogens (tertiary/aromatic N) is 1. The molecule has 1 atom stereocenters. The molecule has 1 aliphatic heterocycles. The Morgan fingerprint density at radius 3 is 2.96 bits per heavy atom. The number of fused-ring (bicyclic) bond motifs is 1. The summed E-state index contributed by atoms with van der Waals surface area (Å²) in [4.78, 5) is 26.8. The van der Waals surface area contributed by atoms with Crippen LogP contribution in [0.1, 0.15) is 35.4 Å². The van der Waals surface area contributed by atoms with Crippen molar-refractivity contribution in [1.29, 1.82) is 0 Å². The molecule has 2 aromatic rings. The molecule has 0 amide bonds. The third-order valence-electron chi connectivity index (χ3n) is 4.31. The second-order valence-corrected chi connectivity index (χ2v) is 7.57. The van der Waals surface area contributed by atoms with Gasteiger partial charge in [-0.1, -0.05) is 42.8 Å². The molecule has 2 heterocycles. The summed E-state index contributed by atoms with van der Waals surface area (Å²) >= 11 is 7.77. The van der Waals surface area contributed by atoms with Crippen molar-refractivity contribution in [3.63, 3.8) is 0 Å². The summed E-state index contributed by atoms with van der Waals surface area (Å²) in [7, 11) is 0. The molecular weight excluding hydrogens is 370 g/mol. The van der Waals surface area contributed by atoms with Crippen molar-refractivity contribution in [2.24, 2.45) is 0 Å². The normalized spacial score (nSPS) is 15.6. The highest BCUT2D eigenvalue weighted by molar-refractivity contribution is 7.14. The summed E-state index contributed by atoms with van der Waals surface area (Å²) < 4.78 is 5.38. The Labute approximate surface area is 162 Å². The summed E-state index contributed by atoms with van der Waals surface area (Å²) in [6.07, 6.45) is 5.77. The van der Waals surface area contributed by atoms with Crippen LogP contribution in [0.2, 0.25) is 5.02 Å². The molecule has 1 aromatic heterocycles. The lowest BCUT2D eigenvalue weighted by Gasteiger charge is -2.31. The van der Waals surface area contributed by atoms with Gasteiger partial charge in [0.25, 0.3) is 0 Å². The van der Waals surface area contributed by atoms with Gasteiger partial charge in [0.1, 0.15) is 6.29 Å². The molecule has 0 spiro atoms. The number of thiophene rings is 1. The molecule has 0 radical (unpaired) electrons. The number of hydrogen-bond acceptors (Lipinski definition) is 5. The maximum atomic E-state index is 11.8. The summed E-state index contributed by atoms with van der Waals surface area (Å²) in [5.41, 5.74) is 1.92. The molecule has 26 heavy (non-hydrogen) atoms. The molecule has 3 rings (SSSR count). The maximum absolute atomic E-state index is 11.8. The first-order valence-electron chi connectivity index (χ1n) is 8.56. The molecule has 0 fully saturated rings. The lowest BCUT2D eigenvalue weighted by Crippen LogP contribution is -2.34. The van der Waals surface area contributed by atoms with Gasteiger partial charge in [-0.05, 0) is 36.1 Å². The second-order valence-electron chi connectivity index (χ2n) is 6.07. The van der Waals surface area contributed by atoms with Crippen LogP contribution < -0.4 is 4.74 Å². The first kappa shape index (κ1) is 18.8. The molecule has 0 saturated carbocycles. The van der Waals surface area contributed by atoms with E-state index in [1.54, 1.807) is 12.1 Å². The standard InChI is InChI=1S/C20H20ClNO3S/c1-2-3-8-19(24)25-20-11-14-12-22(10-9-18(14)26-20)17(13-23)15-6-4-5-7-16(15)21/h3-8,11,13,17H,2,9-10,12H2,1H3/b8-3+. The molecule has 1 aromatic carbocycles. The minimum Gasteiger partial charge on any atom is -0.412 e. The Hall–Kier alpha value is -1.95. The number of ether oxygens (including phenoxy) is 1. The van der Waals surface area contributed by atoms with Gasteiger partial charge >= 0.3 is 5.97 Å². The van der Waals surface area contributed by atoms with Gasteiger partial charge < -0.3 is 9.53 Å². The Morgan fingerprint density at radius 2 is 2.23 bits per heavy atom. The molecule has 0 saturated heterocycles. The van der Waals surface area contributed by atoms with Crippen LogP contribution in [0.4, 0.5) is 0 Å². The van der Waals surface area contributed by atoms with Gasteiger partial charge in [-0.3, -0.25) is 4.90 Å². The molecule has 1 unspecified atom stereocenters. The predicted octanol–water partition coefficient (Wildman–Crippen LogP) is 4.57. The van der Waals surface area contributed by atoms with Crippen molar-refractivity contribution < 1.29 is 14.3 Å². The van der Waals surface area contributed by atoms with E-state index in [4.69, 9.17) is 16.3 Å². The molecule has 0 aliphatic carbocycles. The van der Waals surface area contributed by atoms with Gasteiger partial charge in [-0.2, -0.15) is 0 Å². The van der Waals surface area contributed by atoms with Crippen LogP contribution in [-0.2, 0) is 22.6 Å². The quantitative estimate of drug-likeness (QED) is 0.412. The number of rotatable bonds is 6. The average molecular weight is 390 g/mol. The third-order valence-corrected chi connectivity index (χ3v) is 5.77. The fraction of sp³-hybridized carbons (Fsp3) is 0.300. The van der Waals surface area contributed by atoms with Crippen LogP contribution in [-0.4, -0.2) is 23.7 Å². The summed E-state index contributed by atoms with van der Waals surface area (Å²) in [5, 5.41) is 1.20. The van der Waals surface area contributed by atoms with Gasteiger partial charge in [0.05, 0.1) is 6.04 Å². The second kappa shape index (κ2) is 8.62. The fourth-order valence-corrected chi connectivity index (χ4v) is 4.30. The Morgan fingerprint density at radius 1 is 1.42 bits per heavy atom. The van der Waals surface area contributed by atoms with E-state index in [1.165, 1.54) is 22.3 Å². The number of allylic oxidation sites excluding steroid dienone is 1. The number of carbonyl (C=O) groups excluding carboxylic acids is 2. The van der Waals surface area contributed by atoms with E-state index in [0.29, 0.717) is 16.6 Å². The molecule has 4 nitrogen and oxygen atoms in total. The van der Waals surface area contributed by atoms with E-state index in [9.17, 15) is 9.59 Å². The SMILES string of the molecule is CC/C=C/C(=O)Oc1cc2c(s1)CCN(C(C=O)c1ccccc1Cl)C2. The first-order valence-corrected chi connectivity index (χ1v) is 9.75. The van der Waals surface area contributed by atoms with E-state index in [2.05, 4.69) is 4.90 Å². The molecule has 0 N–H and O–H groups in total. The molecule has 0 bridgehead atoms. The Kier molecular flexibility index (Phi) is 6.25. The van der Waals surface area contributed by atoms with E-state index in [0.717, 1.165) is 36.8 Å². The summed E-state index contributed by atoms with van der Waals surface area (Å²) in [6, 6.07) is 8.95. The minimum atomic E-state index is -0.379. The Balaban J connectivity index is 1.75. The van der Waals surface area contributed by atoms with E-state index in [-0.39, 0.29) is 12.0 Å². The minimum absolute atomic E-state index is 0.357. The van der Waals surface area contributed by atoms with E-state index < -0.39 is 0 Å². The summed E-state index contributed by atoms with van der Waals surface area (Å²) in [6.45, 7) is 3.35. The van der Waals surface area contributed by atoms with Crippen LogP contribution in [0.5, 0.6) is 5.06 Å². The van der Waals surface area contributed by atoms with Crippen molar-refractivity contribution >= 4 is 35.2 Å². The van der Waals surface area contributed by atoms with Crippen LogP contribution in [0.3, 0.4) is 0 Å².